The standard InChI is InChI=1S/C20H18/c1-16-14-19(17-8-4-2-5-9-17)12-13-20(15-16)18-10-6-3-7-11-18/h2-16H,1H3. The van der Waals surface area contributed by atoms with Crippen molar-refractivity contribution >= 4 is 11.1 Å². The van der Waals surface area contributed by atoms with Crippen molar-refractivity contribution in [1.29, 1.82) is 0 Å². The molecule has 0 spiro atoms. The van der Waals surface area contributed by atoms with E-state index in [0.717, 1.165) is 0 Å². The molecule has 0 fully saturated rings. The molecule has 0 heteroatoms. The lowest BCUT2D eigenvalue weighted by Gasteiger charge is -2.04. The van der Waals surface area contributed by atoms with Gasteiger partial charge < -0.3 is 0 Å². The summed E-state index contributed by atoms with van der Waals surface area (Å²) in [6.45, 7) is 2.24. The summed E-state index contributed by atoms with van der Waals surface area (Å²) >= 11 is 0. The van der Waals surface area contributed by atoms with Crippen molar-refractivity contribution < 1.29 is 0 Å². The molecule has 0 saturated carbocycles. The molecular formula is C20H18. The Hall–Kier alpha value is -2.34. The molecule has 2 aromatic rings. The van der Waals surface area contributed by atoms with E-state index in [0.29, 0.717) is 5.92 Å². The first kappa shape index (κ1) is 12.7. The minimum absolute atomic E-state index is 0.426. The zero-order valence-electron chi connectivity index (χ0n) is 11.7. The van der Waals surface area contributed by atoms with Gasteiger partial charge in [0.2, 0.25) is 0 Å². The first-order valence-corrected chi connectivity index (χ1v) is 7.05. The zero-order valence-corrected chi connectivity index (χ0v) is 11.7. The summed E-state index contributed by atoms with van der Waals surface area (Å²) in [5, 5.41) is 0. The molecule has 0 atom stereocenters. The molecule has 0 bridgehead atoms. The topological polar surface area (TPSA) is 0 Å². The Morgan fingerprint density at radius 2 is 1.00 bits per heavy atom. The maximum atomic E-state index is 2.32. The van der Waals surface area contributed by atoms with Gasteiger partial charge in [0.1, 0.15) is 0 Å². The number of hydrogen-bond donors (Lipinski definition) is 0. The van der Waals surface area contributed by atoms with Crippen molar-refractivity contribution in [3.8, 4) is 0 Å². The fraction of sp³-hybridized carbons (Fsp3) is 0.100. The lowest BCUT2D eigenvalue weighted by Crippen LogP contribution is -1.87. The van der Waals surface area contributed by atoms with Crippen LogP contribution < -0.4 is 0 Å². The molecule has 0 heterocycles. The van der Waals surface area contributed by atoms with Crippen LogP contribution in [-0.4, -0.2) is 0 Å². The third-order valence-corrected chi connectivity index (χ3v) is 3.54. The molecule has 0 amide bonds. The van der Waals surface area contributed by atoms with E-state index in [4.69, 9.17) is 0 Å². The molecule has 0 radical (unpaired) electrons. The van der Waals surface area contributed by atoms with Crippen molar-refractivity contribution in [2.75, 3.05) is 0 Å². The Labute approximate surface area is 120 Å². The number of benzene rings is 2. The average molecular weight is 258 g/mol. The van der Waals surface area contributed by atoms with Crippen LogP contribution in [0.3, 0.4) is 0 Å². The van der Waals surface area contributed by atoms with E-state index in [-0.39, 0.29) is 0 Å². The molecule has 98 valence electrons. The van der Waals surface area contributed by atoms with Gasteiger partial charge >= 0.3 is 0 Å². The van der Waals surface area contributed by atoms with Crippen LogP contribution in [-0.2, 0) is 0 Å². The smallest absolute Gasteiger partial charge is 0.00635 e. The van der Waals surface area contributed by atoms with Gasteiger partial charge in [-0.25, -0.2) is 0 Å². The molecule has 0 N–H and O–H groups in total. The Morgan fingerprint density at radius 3 is 1.40 bits per heavy atom. The van der Waals surface area contributed by atoms with E-state index < -0.39 is 0 Å². The van der Waals surface area contributed by atoms with Crippen LogP contribution in [0.1, 0.15) is 18.1 Å². The summed E-state index contributed by atoms with van der Waals surface area (Å²) in [7, 11) is 0. The lowest BCUT2D eigenvalue weighted by atomic mass is 10.0. The molecule has 2 aromatic carbocycles. The second-order valence-corrected chi connectivity index (χ2v) is 5.17. The predicted octanol–water partition coefficient (Wildman–Crippen LogP) is 5.36. The van der Waals surface area contributed by atoms with Gasteiger partial charge in [-0.3, -0.25) is 0 Å². The highest BCUT2D eigenvalue weighted by atomic mass is 14.1. The highest BCUT2D eigenvalue weighted by Gasteiger charge is 2.07. The van der Waals surface area contributed by atoms with E-state index >= 15 is 0 Å². The fourth-order valence-corrected chi connectivity index (χ4v) is 2.55. The molecule has 0 aromatic heterocycles. The van der Waals surface area contributed by atoms with Crippen molar-refractivity contribution in [1.82, 2.24) is 0 Å². The zero-order chi connectivity index (χ0) is 13.8. The van der Waals surface area contributed by atoms with E-state index in [1.807, 2.05) is 0 Å². The molecule has 1 aliphatic carbocycles. The monoisotopic (exact) mass is 258 g/mol. The Kier molecular flexibility index (Phi) is 3.64. The van der Waals surface area contributed by atoms with Crippen LogP contribution >= 0.6 is 0 Å². The minimum atomic E-state index is 0.426. The molecule has 0 nitrogen and oxygen atoms in total. The van der Waals surface area contributed by atoms with Crippen molar-refractivity contribution in [3.63, 3.8) is 0 Å². The second-order valence-electron chi connectivity index (χ2n) is 5.17. The predicted molar refractivity (Wildman–Crippen MR) is 87.1 cm³/mol. The molecule has 0 unspecified atom stereocenters. The van der Waals surface area contributed by atoms with Crippen LogP contribution in [0.2, 0.25) is 0 Å². The number of rotatable bonds is 2. The normalized spacial score (nSPS) is 15.4. The van der Waals surface area contributed by atoms with Gasteiger partial charge in [0.15, 0.2) is 0 Å². The van der Waals surface area contributed by atoms with Crippen LogP contribution in [0, 0.1) is 5.92 Å². The van der Waals surface area contributed by atoms with E-state index in [1.165, 1.54) is 22.3 Å². The van der Waals surface area contributed by atoms with E-state index in [9.17, 15) is 0 Å². The van der Waals surface area contributed by atoms with Crippen LogP contribution in [0.25, 0.3) is 11.1 Å². The van der Waals surface area contributed by atoms with Crippen LogP contribution in [0.4, 0.5) is 0 Å². The minimum Gasteiger partial charge on any atom is -0.0700 e. The van der Waals surface area contributed by atoms with E-state index in [2.05, 4.69) is 91.9 Å². The SMILES string of the molecule is CC1C=C(c2ccccc2)C=CC(c2ccccc2)=C1. The average Bonchev–Trinajstić information content (AvgIpc) is 2.71. The third kappa shape index (κ3) is 2.80. The Balaban J connectivity index is 1.94. The van der Waals surface area contributed by atoms with Gasteiger partial charge in [0.25, 0.3) is 0 Å². The first-order chi connectivity index (χ1) is 9.83. The molecule has 0 saturated heterocycles. The maximum absolute atomic E-state index is 2.32. The van der Waals surface area contributed by atoms with Gasteiger partial charge in [-0.15, -0.1) is 0 Å². The lowest BCUT2D eigenvalue weighted by molar-refractivity contribution is 0.947. The summed E-state index contributed by atoms with van der Waals surface area (Å²) in [6, 6.07) is 21.1. The third-order valence-electron chi connectivity index (χ3n) is 3.54. The first-order valence-electron chi connectivity index (χ1n) is 7.05. The van der Waals surface area contributed by atoms with Gasteiger partial charge in [-0.05, 0) is 28.2 Å². The van der Waals surface area contributed by atoms with Crippen molar-refractivity contribution in [2.45, 2.75) is 6.92 Å². The molecule has 1 aliphatic rings. The Morgan fingerprint density at radius 1 is 0.600 bits per heavy atom. The van der Waals surface area contributed by atoms with Crippen LogP contribution in [0.5, 0.6) is 0 Å². The maximum Gasteiger partial charge on any atom is -0.00635 e. The molecule has 0 aliphatic heterocycles. The van der Waals surface area contributed by atoms with Gasteiger partial charge in [-0.2, -0.15) is 0 Å². The van der Waals surface area contributed by atoms with Gasteiger partial charge in [0, 0.05) is 0 Å². The highest BCUT2D eigenvalue weighted by Crippen LogP contribution is 2.27. The van der Waals surface area contributed by atoms with Gasteiger partial charge in [-0.1, -0.05) is 91.9 Å². The quantitative estimate of drug-likeness (QED) is 0.680. The fourth-order valence-electron chi connectivity index (χ4n) is 2.55. The highest BCUT2D eigenvalue weighted by molar-refractivity contribution is 5.83. The molecule has 3 rings (SSSR count). The van der Waals surface area contributed by atoms with Gasteiger partial charge in [0.05, 0.1) is 0 Å². The summed E-state index contributed by atoms with van der Waals surface area (Å²) in [4.78, 5) is 0. The van der Waals surface area contributed by atoms with Crippen LogP contribution in [0.15, 0.2) is 85.0 Å². The summed E-state index contributed by atoms with van der Waals surface area (Å²) in [6.07, 6.45) is 9.08. The number of hydrogen-bond acceptors (Lipinski definition) is 0. The summed E-state index contributed by atoms with van der Waals surface area (Å²) in [5.41, 5.74) is 5.14. The summed E-state index contributed by atoms with van der Waals surface area (Å²) in [5.74, 6) is 0.426. The number of allylic oxidation sites excluding steroid dienone is 6. The second kappa shape index (κ2) is 5.75. The largest absolute Gasteiger partial charge is 0.0700 e. The molecule has 20 heavy (non-hydrogen) atoms. The van der Waals surface area contributed by atoms with Crippen molar-refractivity contribution in [2.24, 2.45) is 5.92 Å². The van der Waals surface area contributed by atoms with E-state index in [1.54, 1.807) is 0 Å². The van der Waals surface area contributed by atoms with Crippen molar-refractivity contribution in [3.05, 3.63) is 96.1 Å². The Bertz CT molecular complexity index is 598. The summed E-state index contributed by atoms with van der Waals surface area (Å²) < 4.78 is 0. The molecular weight excluding hydrogens is 240 g/mol.